The summed E-state index contributed by atoms with van der Waals surface area (Å²) in [5.74, 6) is 1.19. The summed E-state index contributed by atoms with van der Waals surface area (Å²) in [6.07, 6.45) is 8.70. The van der Waals surface area contributed by atoms with Gasteiger partial charge in [-0.25, -0.2) is 4.98 Å². The van der Waals surface area contributed by atoms with Gasteiger partial charge < -0.3 is 10.3 Å². The average molecular weight is 219 g/mol. The van der Waals surface area contributed by atoms with Crippen LogP contribution in [0.2, 0.25) is 0 Å². The number of fused-ring (bicyclic) bond motifs is 1. The molecule has 0 aromatic carbocycles. The lowest BCUT2D eigenvalue weighted by atomic mass is 10.0. The summed E-state index contributed by atoms with van der Waals surface area (Å²) < 4.78 is 2.46. The van der Waals surface area contributed by atoms with Crippen LogP contribution in [-0.2, 0) is 12.8 Å². The molecule has 2 aliphatic carbocycles. The Hall–Kier alpha value is -0.830. The molecule has 1 saturated carbocycles. The van der Waals surface area contributed by atoms with Crippen molar-refractivity contribution in [3.8, 4) is 0 Å². The average Bonchev–Trinajstić information content (AvgIpc) is 2.81. The van der Waals surface area contributed by atoms with Gasteiger partial charge in [0.1, 0.15) is 5.82 Å². The molecule has 16 heavy (non-hydrogen) atoms. The highest BCUT2D eigenvalue weighted by atomic mass is 15.1. The maximum atomic E-state index is 6.22. The van der Waals surface area contributed by atoms with Crippen LogP contribution in [0.4, 0.5) is 0 Å². The Labute approximate surface area is 97.0 Å². The van der Waals surface area contributed by atoms with Crippen LogP contribution in [0, 0.1) is 6.92 Å². The minimum absolute atomic E-state index is 0.346. The summed E-state index contributed by atoms with van der Waals surface area (Å²) in [4.78, 5) is 4.74. The zero-order valence-electron chi connectivity index (χ0n) is 10.1. The van der Waals surface area contributed by atoms with Crippen LogP contribution >= 0.6 is 0 Å². The molecule has 0 amide bonds. The monoisotopic (exact) mass is 219 g/mol. The molecule has 3 rings (SSSR count). The molecule has 0 aliphatic heterocycles. The van der Waals surface area contributed by atoms with Crippen LogP contribution in [0.5, 0.6) is 0 Å². The molecular weight excluding hydrogens is 198 g/mol. The lowest BCUT2D eigenvalue weighted by molar-refractivity contribution is 0.434. The van der Waals surface area contributed by atoms with Crippen LogP contribution in [0.25, 0.3) is 0 Å². The molecule has 0 radical (unpaired) electrons. The first kappa shape index (κ1) is 10.3. The fraction of sp³-hybridized carbons (Fsp3) is 0.769. The van der Waals surface area contributed by atoms with Crippen LogP contribution in [0.3, 0.4) is 0 Å². The van der Waals surface area contributed by atoms with Crippen LogP contribution < -0.4 is 5.73 Å². The first-order valence-corrected chi connectivity index (χ1v) is 6.59. The topological polar surface area (TPSA) is 43.8 Å². The van der Waals surface area contributed by atoms with E-state index in [4.69, 9.17) is 10.7 Å². The predicted molar refractivity (Wildman–Crippen MR) is 64.5 cm³/mol. The normalized spacial score (nSPS) is 29.4. The van der Waals surface area contributed by atoms with Gasteiger partial charge in [-0.15, -0.1) is 0 Å². The van der Waals surface area contributed by atoms with Crippen molar-refractivity contribution in [2.45, 2.75) is 64.0 Å². The van der Waals surface area contributed by atoms with Gasteiger partial charge in [0.25, 0.3) is 0 Å². The highest BCUT2D eigenvalue weighted by Crippen LogP contribution is 2.34. The smallest absolute Gasteiger partial charge is 0.106 e. The highest BCUT2D eigenvalue weighted by Gasteiger charge is 2.30. The van der Waals surface area contributed by atoms with Crippen LogP contribution in [0.1, 0.15) is 55.4 Å². The summed E-state index contributed by atoms with van der Waals surface area (Å²) in [5.41, 5.74) is 9.07. The summed E-state index contributed by atoms with van der Waals surface area (Å²) in [6, 6.07) is 0.869. The SMILES string of the molecule is Cc1nc2c(n1C1CCCC1N)CCCC2. The Morgan fingerprint density at radius 1 is 1.19 bits per heavy atom. The van der Waals surface area contributed by atoms with Crippen molar-refractivity contribution < 1.29 is 0 Å². The summed E-state index contributed by atoms with van der Waals surface area (Å²) in [7, 11) is 0. The Morgan fingerprint density at radius 3 is 2.75 bits per heavy atom. The molecule has 1 fully saturated rings. The molecule has 0 saturated heterocycles. The van der Waals surface area contributed by atoms with E-state index in [-0.39, 0.29) is 0 Å². The van der Waals surface area contributed by atoms with E-state index in [1.165, 1.54) is 62.2 Å². The number of imidazole rings is 1. The second kappa shape index (κ2) is 3.88. The summed E-state index contributed by atoms with van der Waals surface area (Å²) in [6.45, 7) is 2.14. The lowest BCUT2D eigenvalue weighted by Gasteiger charge is -2.23. The number of rotatable bonds is 1. The van der Waals surface area contributed by atoms with Crippen molar-refractivity contribution in [3.05, 3.63) is 17.2 Å². The lowest BCUT2D eigenvalue weighted by Crippen LogP contribution is -2.29. The van der Waals surface area contributed by atoms with E-state index in [1.54, 1.807) is 0 Å². The zero-order valence-corrected chi connectivity index (χ0v) is 10.1. The second-order valence-electron chi connectivity index (χ2n) is 5.29. The molecule has 1 heterocycles. The molecule has 0 bridgehead atoms. The third-order valence-corrected chi connectivity index (χ3v) is 4.21. The Morgan fingerprint density at radius 2 is 2.00 bits per heavy atom. The second-order valence-corrected chi connectivity index (χ2v) is 5.29. The van der Waals surface area contributed by atoms with E-state index >= 15 is 0 Å². The molecule has 2 N–H and O–H groups in total. The summed E-state index contributed by atoms with van der Waals surface area (Å²) >= 11 is 0. The molecule has 1 aromatic rings. The van der Waals surface area contributed by atoms with Crippen molar-refractivity contribution in [2.24, 2.45) is 5.73 Å². The molecule has 1 aromatic heterocycles. The van der Waals surface area contributed by atoms with E-state index in [1.807, 2.05) is 0 Å². The highest BCUT2D eigenvalue weighted by molar-refractivity contribution is 5.21. The Kier molecular flexibility index (Phi) is 2.51. The number of nitrogens with two attached hydrogens (primary N) is 1. The van der Waals surface area contributed by atoms with E-state index in [0.29, 0.717) is 12.1 Å². The van der Waals surface area contributed by atoms with Crippen LogP contribution in [-0.4, -0.2) is 15.6 Å². The number of nitrogens with zero attached hydrogens (tertiary/aromatic N) is 2. The van der Waals surface area contributed by atoms with Gasteiger partial charge in [0.05, 0.1) is 11.7 Å². The van der Waals surface area contributed by atoms with E-state index in [2.05, 4.69) is 11.5 Å². The van der Waals surface area contributed by atoms with Gasteiger partial charge >= 0.3 is 0 Å². The first-order chi connectivity index (χ1) is 7.77. The van der Waals surface area contributed by atoms with Crippen molar-refractivity contribution in [1.29, 1.82) is 0 Å². The van der Waals surface area contributed by atoms with E-state index in [0.717, 1.165) is 0 Å². The minimum atomic E-state index is 0.346. The van der Waals surface area contributed by atoms with Gasteiger partial charge in [-0.3, -0.25) is 0 Å². The molecule has 2 atom stereocenters. The molecule has 88 valence electrons. The standard InChI is InChI=1S/C13H21N3/c1-9-15-11-6-2-3-7-13(11)16(9)12-8-4-5-10(12)14/h10,12H,2-8,14H2,1H3. The largest absolute Gasteiger partial charge is 0.327 e. The van der Waals surface area contributed by atoms with Crippen molar-refractivity contribution in [2.75, 3.05) is 0 Å². The van der Waals surface area contributed by atoms with E-state index in [9.17, 15) is 0 Å². The van der Waals surface area contributed by atoms with Gasteiger partial charge in [-0.2, -0.15) is 0 Å². The maximum absolute atomic E-state index is 6.22. The molecule has 3 heteroatoms. The van der Waals surface area contributed by atoms with E-state index < -0.39 is 0 Å². The fourth-order valence-corrected chi connectivity index (χ4v) is 3.43. The number of hydrogen-bond donors (Lipinski definition) is 1. The van der Waals surface area contributed by atoms with Crippen molar-refractivity contribution in [1.82, 2.24) is 9.55 Å². The molecule has 0 spiro atoms. The Balaban J connectivity index is 2.02. The summed E-state index contributed by atoms with van der Waals surface area (Å²) in [5, 5.41) is 0. The number of hydrogen-bond acceptors (Lipinski definition) is 2. The van der Waals surface area contributed by atoms with Crippen molar-refractivity contribution >= 4 is 0 Å². The van der Waals surface area contributed by atoms with Crippen molar-refractivity contribution in [3.63, 3.8) is 0 Å². The van der Waals surface area contributed by atoms with Gasteiger partial charge in [-0.05, 0) is 51.9 Å². The number of aromatic nitrogens is 2. The molecule has 2 unspecified atom stereocenters. The Bertz CT molecular complexity index is 394. The van der Waals surface area contributed by atoms with Crippen LogP contribution in [0.15, 0.2) is 0 Å². The maximum Gasteiger partial charge on any atom is 0.106 e. The predicted octanol–water partition coefficient (Wildman–Crippen LogP) is 2.12. The zero-order chi connectivity index (χ0) is 11.1. The molecule has 3 nitrogen and oxygen atoms in total. The third kappa shape index (κ3) is 1.49. The third-order valence-electron chi connectivity index (χ3n) is 4.21. The van der Waals surface area contributed by atoms with Gasteiger partial charge in [-0.1, -0.05) is 0 Å². The minimum Gasteiger partial charge on any atom is -0.327 e. The molecule has 2 aliphatic rings. The first-order valence-electron chi connectivity index (χ1n) is 6.59. The van der Waals surface area contributed by atoms with Gasteiger partial charge in [0.15, 0.2) is 0 Å². The molecular formula is C13H21N3. The fourth-order valence-electron chi connectivity index (χ4n) is 3.43. The number of aryl methyl sites for hydroxylation is 2. The quantitative estimate of drug-likeness (QED) is 0.786. The van der Waals surface area contributed by atoms with Gasteiger partial charge in [0, 0.05) is 11.7 Å². The van der Waals surface area contributed by atoms with Gasteiger partial charge in [0.2, 0.25) is 0 Å².